The van der Waals surface area contributed by atoms with Gasteiger partial charge in [0.15, 0.2) is 17.3 Å². The molecule has 1 aromatic rings. The van der Waals surface area contributed by atoms with Crippen LogP contribution in [0.25, 0.3) is 0 Å². The second-order valence-electron chi connectivity index (χ2n) is 3.45. The number of aromatic hydroxyl groups is 2. The first-order valence-corrected chi connectivity index (χ1v) is 4.29. The van der Waals surface area contributed by atoms with Gasteiger partial charge >= 0.3 is 0 Å². The summed E-state index contributed by atoms with van der Waals surface area (Å²) in [7, 11) is 0. The van der Waals surface area contributed by atoms with Gasteiger partial charge in [0.25, 0.3) is 0 Å². The summed E-state index contributed by atoms with van der Waals surface area (Å²) < 4.78 is 0. The highest BCUT2D eigenvalue weighted by atomic mass is 16.3. The zero-order chi connectivity index (χ0) is 10.9. The molecule has 1 rings (SSSR count). The first kappa shape index (κ1) is 10.4. The smallest absolute Gasteiger partial charge is 0.181 e. The molecular formula is C10H13NO3. The number of hydrogen-bond donors (Lipinski definition) is 3. The Morgan fingerprint density at radius 3 is 2.36 bits per heavy atom. The van der Waals surface area contributed by atoms with Crippen LogP contribution in [0.15, 0.2) is 12.1 Å². The van der Waals surface area contributed by atoms with E-state index in [9.17, 15) is 9.90 Å². The maximum Gasteiger partial charge on any atom is 0.181 e. The van der Waals surface area contributed by atoms with Crippen molar-refractivity contribution in [1.29, 1.82) is 0 Å². The summed E-state index contributed by atoms with van der Waals surface area (Å²) in [5.41, 5.74) is 5.72. The minimum atomic E-state index is -0.384. The van der Waals surface area contributed by atoms with E-state index < -0.39 is 0 Å². The van der Waals surface area contributed by atoms with Crippen molar-refractivity contribution < 1.29 is 15.0 Å². The number of nitrogen functional groups attached to an aromatic ring is 1. The van der Waals surface area contributed by atoms with Crippen molar-refractivity contribution in [2.45, 2.75) is 13.8 Å². The number of carbonyl (C=O) groups excluding carboxylic acids is 1. The van der Waals surface area contributed by atoms with E-state index in [-0.39, 0.29) is 28.9 Å². The van der Waals surface area contributed by atoms with Gasteiger partial charge in [-0.15, -0.1) is 0 Å². The average molecular weight is 195 g/mol. The largest absolute Gasteiger partial charge is 0.504 e. The molecule has 0 radical (unpaired) electrons. The summed E-state index contributed by atoms with van der Waals surface area (Å²) in [5, 5.41) is 18.4. The Hall–Kier alpha value is -1.71. The molecule has 76 valence electrons. The molecule has 0 aliphatic rings. The van der Waals surface area contributed by atoms with Gasteiger partial charge in [-0.3, -0.25) is 4.79 Å². The van der Waals surface area contributed by atoms with Gasteiger partial charge < -0.3 is 15.9 Å². The normalized spacial score (nSPS) is 10.5. The van der Waals surface area contributed by atoms with Gasteiger partial charge in [0, 0.05) is 11.5 Å². The fourth-order valence-electron chi connectivity index (χ4n) is 1.12. The average Bonchev–Trinajstić information content (AvgIpc) is 2.12. The van der Waals surface area contributed by atoms with Gasteiger partial charge in [-0.2, -0.15) is 0 Å². The maximum absolute atomic E-state index is 11.5. The summed E-state index contributed by atoms with van der Waals surface area (Å²) in [4.78, 5) is 11.5. The van der Waals surface area contributed by atoms with Crippen molar-refractivity contribution in [1.82, 2.24) is 0 Å². The Morgan fingerprint density at radius 1 is 1.36 bits per heavy atom. The number of benzene rings is 1. The van der Waals surface area contributed by atoms with Crippen molar-refractivity contribution in [3.8, 4) is 11.5 Å². The zero-order valence-electron chi connectivity index (χ0n) is 8.11. The van der Waals surface area contributed by atoms with Crippen LogP contribution in [-0.4, -0.2) is 16.0 Å². The van der Waals surface area contributed by atoms with Crippen LogP contribution in [0.5, 0.6) is 11.5 Å². The quantitative estimate of drug-likeness (QED) is 0.379. The number of phenolic OH excluding ortho intramolecular Hbond substituents is 2. The molecule has 0 bridgehead atoms. The summed E-state index contributed by atoms with van der Waals surface area (Å²) >= 11 is 0. The van der Waals surface area contributed by atoms with Crippen LogP contribution in [0.3, 0.4) is 0 Å². The first-order chi connectivity index (χ1) is 6.43. The third kappa shape index (κ3) is 1.79. The highest BCUT2D eigenvalue weighted by molar-refractivity contribution is 5.99. The Balaban J connectivity index is 3.19. The minimum absolute atomic E-state index is 0.00833. The molecule has 14 heavy (non-hydrogen) atoms. The van der Waals surface area contributed by atoms with Gasteiger partial charge in [0.2, 0.25) is 0 Å². The molecule has 0 aliphatic carbocycles. The van der Waals surface area contributed by atoms with Crippen molar-refractivity contribution in [3.05, 3.63) is 17.7 Å². The number of anilines is 1. The van der Waals surface area contributed by atoms with Crippen LogP contribution < -0.4 is 5.73 Å². The fourth-order valence-corrected chi connectivity index (χ4v) is 1.12. The van der Waals surface area contributed by atoms with Crippen LogP contribution in [-0.2, 0) is 0 Å². The number of rotatable bonds is 2. The van der Waals surface area contributed by atoms with E-state index in [2.05, 4.69) is 0 Å². The van der Waals surface area contributed by atoms with Crippen LogP contribution in [0.1, 0.15) is 24.2 Å². The highest BCUT2D eigenvalue weighted by Crippen LogP contribution is 2.32. The number of ketones is 1. The van der Waals surface area contributed by atoms with Crippen molar-refractivity contribution in [2.24, 2.45) is 5.92 Å². The van der Waals surface area contributed by atoms with E-state index in [1.165, 1.54) is 12.1 Å². The van der Waals surface area contributed by atoms with Crippen molar-refractivity contribution >= 4 is 11.5 Å². The van der Waals surface area contributed by atoms with Gasteiger partial charge in [-0.1, -0.05) is 13.8 Å². The van der Waals surface area contributed by atoms with E-state index in [0.29, 0.717) is 5.56 Å². The van der Waals surface area contributed by atoms with E-state index in [4.69, 9.17) is 10.8 Å². The van der Waals surface area contributed by atoms with Crippen LogP contribution in [0, 0.1) is 5.92 Å². The number of phenols is 2. The maximum atomic E-state index is 11.5. The number of Topliss-reactive ketones (excluding diaryl/α,β-unsaturated/α-hetero) is 1. The summed E-state index contributed by atoms with van der Waals surface area (Å²) in [6, 6.07) is 2.57. The monoisotopic (exact) mass is 195 g/mol. The van der Waals surface area contributed by atoms with Crippen LogP contribution in [0.2, 0.25) is 0 Å². The third-order valence-electron chi connectivity index (χ3n) is 1.93. The van der Waals surface area contributed by atoms with Crippen molar-refractivity contribution in [3.63, 3.8) is 0 Å². The molecule has 4 heteroatoms. The molecule has 0 heterocycles. The number of nitrogens with two attached hydrogens (primary N) is 1. The number of carbonyl (C=O) groups is 1. The SMILES string of the molecule is CC(C)C(=O)c1cc(N)c(O)c(O)c1. The molecule has 0 saturated carbocycles. The zero-order valence-corrected chi connectivity index (χ0v) is 8.11. The number of hydrogen-bond acceptors (Lipinski definition) is 4. The fraction of sp³-hybridized carbons (Fsp3) is 0.300. The van der Waals surface area contributed by atoms with E-state index >= 15 is 0 Å². The summed E-state index contributed by atoms with van der Waals surface area (Å²) in [5.74, 6) is -1.04. The molecule has 0 saturated heterocycles. The van der Waals surface area contributed by atoms with Gasteiger partial charge in [-0.05, 0) is 12.1 Å². The predicted molar refractivity (Wildman–Crippen MR) is 53.4 cm³/mol. The molecule has 0 atom stereocenters. The summed E-state index contributed by atoms with van der Waals surface area (Å²) in [6.07, 6.45) is 0. The lowest BCUT2D eigenvalue weighted by atomic mass is 10.0. The minimum Gasteiger partial charge on any atom is -0.504 e. The molecule has 1 aromatic carbocycles. The standard InChI is InChI=1S/C10H13NO3/c1-5(2)9(13)6-3-7(11)10(14)8(12)4-6/h3-5,12,14H,11H2,1-2H3. The molecule has 4 nitrogen and oxygen atoms in total. The van der Waals surface area contributed by atoms with Gasteiger partial charge in [-0.25, -0.2) is 0 Å². The van der Waals surface area contributed by atoms with E-state index in [0.717, 1.165) is 0 Å². The van der Waals surface area contributed by atoms with Crippen LogP contribution >= 0.6 is 0 Å². The Bertz CT molecular complexity index is 349. The Labute approximate surface area is 82.0 Å². The molecule has 0 fully saturated rings. The second kappa shape index (κ2) is 3.57. The molecule has 0 spiro atoms. The highest BCUT2D eigenvalue weighted by Gasteiger charge is 2.14. The Morgan fingerprint density at radius 2 is 1.93 bits per heavy atom. The lowest BCUT2D eigenvalue weighted by Crippen LogP contribution is -2.07. The molecule has 0 unspecified atom stereocenters. The van der Waals surface area contributed by atoms with Gasteiger partial charge in [0.1, 0.15) is 0 Å². The third-order valence-corrected chi connectivity index (χ3v) is 1.93. The molecule has 4 N–H and O–H groups in total. The van der Waals surface area contributed by atoms with Gasteiger partial charge in [0.05, 0.1) is 5.69 Å². The molecule has 0 aliphatic heterocycles. The first-order valence-electron chi connectivity index (χ1n) is 4.29. The predicted octanol–water partition coefficient (Wildman–Crippen LogP) is 1.52. The summed E-state index contributed by atoms with van der Waals surface area (Å²) in [6.45, 7) is 3.50. The topological polar surface area (TPSA) is 83.6 Å². The van der Waals surface area contributed by atoms with E-state index in [1.54, 1.807) is 13.8 Å². The lowest BCUT2D eigenvalue weighted by molar-refractivity contribution is 0.0939. The Kier molecular flexibility index (Phi) is 2.65. The molecule has 0 amide bonds. The molecule has 0 aromatic heterocycles. The van der Waals surface area contributed by atoms with Crippen molar-refractivity contribution in [2.75, 3.05) is 5.73 Å². The van der Waals surface area contributed by atoms with E-state index in [1.807, 2.05) is 0 Å². The van der Waals surface area contributed by atoms with Crippen LogP contribution in [0.4, 0.5) is 5.69 Å². The second-order valence-corrected chi connectivity index (χ2v) is 3.45. The lowest BCUT2D eigenvalue weighted by Gasteiger charge is -2.07. The molecular weight excluding hydrogens is 182 g/mol.